The number of aromatic nitrogens is 3. The van der Waals surface area contributed by atoms with Crippen LogP contribution in [0.3, 0.4) is 0 Å². The Kier molecular flexibility index (Phi) is 4.66. The summed E-state index contributed by atoms with van der Waals surface area (Å²) in [5.74, 6) is -0.729. The lowest BCUT2D eigenvalue weighted by Crippen LogP contribution is -2.25. The molecule has 0 saturated carbocycles. The predicted molar refractivity (Wildman–Crippen MR) is 106 cm³/mol. The van der Waals surface area contributed by atoms with Gasteiger partial charge in [0.25, 0.3) is 5.56 Å². The van der Waals surface area contributed by atoms with Crippen LogP contribution in [0.4, 0.5) is 0 Å². The molecule has 3 aromatic rings. The summed E-state index contributed by atoms with van der Waals surface area (Å²) in [4.78, 5) is 47.3. The van der Waals surface area contributed by atoms with Gasteiger partial charge in [-0.25, -0.2) is 9.78 Å². The molecule has 28 heavy (non-hydrogen) atoms. The molecule has 0 fully saturated rings. The number of ether oxygens (including phenoxy) is 1. The molecule has 146 valence electrons. The molecule has 3 heterocycles. The van der Waals surface area contributed by atoms with Gasteiger partial charge in [0.2, 0.25) is 0 Å². The molecule has 0 aromatic carbocycles. The Morgan fingerprint density at radius 2 is 2.11 bits per heavy atom. The van der Waals surface area contributed by atoms with Crippen LogP contribution >= 0.6 is 11.3 Å². The molecule has 8 heteroatoms. The molecule has 0 saturated heterocycles. The minimum atomic E-state index is -0.457. The van der Waals surface area contributed by atoms with Gasteiger partial charge in [0, 0.05) is 10.6 Å². The molecule has 0 aliphatic heterocycles. The first kappa shape index (κ1) is 18.6. The number of H-pyrrole nitrogens is 1. The van der Waals surface area contributed by atoms with E-state index in [1.54, 1.807) is 32.1 Å². The number of aromatic amines is 1. The first-order chi connectivity index (χ1) is 13.4. The predicted octanol–water partition coefficient (Wildman–Crippen LogP) is 2.95. The lowest BCUT2D eigenvalue weighted by Gasteiger charge is -2.06. The van der Waals surface area contributed by atoms with Crippen LogP contribution in [0.15, 0.2) is 11.1 Å². The van der Waals surface area contributed by atoms with Crippen molar-refractivity contribution in [2.24, 2.45) is 0 Å². The zero-order chi connectivity index (χ0) is 20.0. The van der Waals surface area contributed by atoms with Gasteiger partial charge in [0.1, 0.15) is 4.83 Å². The molecular weight excluding hydrogens is 378 g/mol. The number of hydrogen-bond acceptors (Lipinski definition) is 6. The quantitative estimate of drug-likeness (QED) is 0.526. The molecule has 0 spiro atoms. The average molecular weight is 399 g/mol. The standard InChI is InChI=1S/C20H21N3O4S/c1-4-27-20(26)15-10(2)17(22-11(15)3)13(24)8-23-9-21-18-16(19(23)25)12-6-5-7-14(12)28-18/h9,22H,4-8H2,1-3H3. The molecular formula is C20H21N3O4S. The highest BCUT2D eigenvalue weighted by molar-refractivity contribution is 7.18. The number of carbonyl (C=O) groups is 2. The van der Waals surface area contributed by atoms with Crippen LogP contribution in [-0.4, -0.2) is 32.9 Å². The Hall–Kier alpha value is -2.74. The van der Waals surface area contributed by atoms with Gasteiger partial charge in [0.05, 0.1) is 36.1 Å². The summed E-state index contributed by atoms with van der Waals surface area (Å²) in [6, 6.07) is 0. The number of rotatable bonds is 5. The third kappa shape index (κ3) is 2.88. The molecule has 0 bridgehead atoms. The fraction of sp³-hybridized carbons (Fsp3) is 0.400. The fourth-order valence-corrected chi connectivity index (χ4v) is 5.12. The monoisotopic (exact) mass is 399 g/mol. The maximum Gasteiger partial charge on any atom is 0.340 e. The van der Waals surface area contributed by atoms with E-state index in [2.05, 4.69) is 9.97 Å². The van der Waals surface area contributed by atoms with Crippen molar-refractivity contribution in [2.45, 2.75) is 46.6 Å². The Morgan fingerprint density at radius 3 is 2.86 bits per heavy atom. The first-order valence-electron chi connectivity index (χ1n) is 9.31. The minimum Gasteiger partial charge on any atom is -0.462 e. The van der Waals surface area contributed by atoms with E-state index in [-0.39, 0.29) is 24.5 Å². The number of carbonyl (C=O) groups excluding carboxylic acids is 2. The van der Waals surface area contributed by atoms with Gasteiger partial charge in [-0.3, -0.25) is 14.2 Å². The second-order valence-electron chi connectivity index (χ2n) is 6.98. The van der Waals surface area contributed by atoms with Crippen LogP contribution in [0.25, 0.3) is 10.2 Å². The normalized spacial score (nSPS) is 13.1. The summed E-state index contributed by atoms with van der Waals surface area (Å²) in [5.41, 5.74) is 2.74. The lowest BCUT2D eigenvalue weighted by atomic mass is 10.1. The van der Waals surface area contributed by atoms with Crippen LogP contribution in [-0.2, 0) is 24.1 Å². The zero-order valence-corrected chi connectivity index (χ0v) is 16.9. The number of nitrogens with one attached hydrogen (secondary N) is 1. The molecule has 4 rings (SSSR count). The number of fused-ring (bicyclic) bond motifs is 3. The van der Waals surface area contributed by atoms with Crippen molar-refractivity contribution >= 4 is 33.3 Å². The highest BCUT2D eigenvalue weighted by Gasteiger charge is 2.25. The Labute approximate surface area is 165 Å². The third-order valence-corrected chi connectivity index (χ3v) is 6.40. The molecule has 7 nitrogen and oxygen atoms in total. The molecule has 1 aliphatic carbocycles. The smallest absolute Gasteiger partial charge is 0.340 e. The summed E-state index contributed by atoms with van der Waals surface area (Å²) < 4.78 is 6.42. The minimum absolute atomic E-state index is 0.130. The van der Waals surface area contributed by atoms with Crippen LogP contribution in [0.2, 0.25) is 0 Å². The Bertz CT molecular complexity index is 1170. The van der Waals surface area contributed by atoms with Crippen LogP contribution in [0.5, 0.6) is 0 Å². The number of thiophene rings is 1. The van der Waals surface area contributed by atoms with Gasteiger partial charge < -0.3 is 9.72 Å². The molecule has 1 N–H and O–H groups in total. The highest BCUT2D eigenvalue weighted by Crippen LogP contribution is 2.34. The number of hydrogen-bond donors (Lipinski definition) is 1. The number of ketones is 1. The van der Waals surface area contributed by atoms with E-state index in [4.69, 9.17) is 4.74 Å². The van der Waals surface area contributed by atoms with Crippen molar-refractivity contribution in [3.8, 4) is 0 Å². The maximum atomic E-state index is 13.0. The first-order valence-corrected chi connectivity index (χ1v) is 10.1. The van der Waals surface area contributed by atoms with Gasteiger partial charge in [-0.2, -0.15) is 0 Å². The average Bonchev–Trinajstić information content (AvgIpc) is 3.30. The van der Waals surface area contributed by atoms with Crippen molar-refractivity contribution in [3.05, 3.63) is 49.6 Å². The van der Waals surface area contributed by atoms with Gasteiger partial charge >= 0.3 is 5.97 Å². The van der Waals surface area contributed by atoms with E-state index in [1.165, 1.54) is 15.8 Å². The largest absolute Gasteiger partial charge is 0.462 e. The van der Waals surface area contributed by atoms with E-state index in [1.807, 2.05) is 0 Å². The van der Waals surface area contributed by atoms with Crippen LogP contribution in [0, 0.1) is 13.8 Å². The van der Waals surface area contributed by atoms with E-state index >= 15 is 0 Å². The molecule has 0 unspecified atom stereocenters. The number of nitrogens with zero attached hydrogens (tertiary/aromatic N) is 2. The van der Waals surface area contributed by atoms with Crippen LogP contribution in [0.1, 0.15) is 55.9 Å². The van der Waals surface area contributed by atoms with Crippen LogP contribution < -0.4 is 5.56 Å². The second-order valence-corrected chi connectivity index (χ2v) is 8.07. The van der Waals surface area contributed by atoms with Gasteiger partial charge in [0.15, 0.2) is 5.78 Å². The Morgan fingerprint density at radius 1 is 1.32 bits per heavy atom. The molecule has 0 amide bonds. The maximum absolute atomic E-state index is 13.0. The van der Waals surface area contributed by atoms with Crippen molar-refractivity contribution in [2.75, 3.05) is 6.61 Å². The number of aryl methyl sites for hydroxylation is 3. The summed E-state index contributed by atoms with van der Waals surface area (Å²) in [6.45, 7) is 5.30. The second kappa shape index (κ2) is 7.01. The molecule has 3 aromatic heterocycles. The summed E-state index contributed by atoms with van der Waals surface area (Å²) >= 11 is 1.57. The summed E-state index contributed by atoms with van der Waals surface area (Å²) in [6.07, 6.45) is 4.38. The zero-order valence-electron chi connectivity index (χ0n) is 16.0. The van der Waals surface area contributed by atoms with E-state index in [9.17, 15) is 14.4 Å². The number of Topliss-reactive ketones (excluding diaryl/α,β-unsaturated/α-hetero) is 1. The highest BCUT2D eigenvalue weighted by atomic mass is 32.1. The van der Waals surface area contributed by atoms with E-state index in [0.717, 1.165) is 29.7 Å². The molecule has 0 radical (unpaired) electrons. The topological polar surface area (TPSA) is 94.1 Å². The molecule has 1 aliphatic rings. The van der Waals surface area contributed by atoms with E-state index in [0.29, 0.717) is 27.9 Å². The van der Waals surface area contributed by atoms with Crippen molar-refractivity contribution in [1.29, 1.82) is 0 Å². The van der Waals surface area contributed by atoms with E-state index < -0.39 is 5.97 Å². The lowest BCUT2D eigenvalue weighted by molar-refractivity contribution is 0.0525. The fourth-order valence-electron chi connectivity index (χ4n) is 3.90. The van der Waals surface area contributed by atoms with Gasteiger partial charge in [-0.1, -0.05) is 0 Å². The SMILES string of the molecule is CCOC(=O)c1c(C)[nH]c(C(=O)Cn2cnc3sc4c(c3c2=O)CCC4)c1C. The van der Waals surface area contributed by atoms with Crippen molar-refractivity contribution in [1.82, 2.24) is 14.5 Å². The molecule has 0 atom stereocenters. The Balaban J connectivity index is 1.68. The van der Waals surface area contributed by atoms with Gasteiger partial charge in [-0.05, 0) is 51.2 Å². The van der Waals surface area contributed by atoms with Crippen molar-refractivity contribution < 1.29 is 14.3 Å². The summed E-state index contributed by atoms with van der Waals surface area (Å²) in [7, 11) is 0. The third-order valence-electron chi connectivity index (χ3n) is 5.20. The number of esters is 1. The summed E-state index contributed by atoms with van der Waals surface area (Å²) in [5, 5.41) is 0.652. The van der Waals surface area contributed by atoms with Gasteiger partial charge in [-0.15, -0.1) is 11.3 Å². The van der Waals surface area contributed by atoms with Crippen molar-refractivity contribution in [3.63, 3.8) is 0 Å².